The molecule has 4 nitrogen and oxygen atoms in total. The summed E-state index contributed by atoms with van der Waals surface area (Å²) in [4.78, 5) is 11.5. The van der Waals surface area contributed by atoms with Gasteiger partial charge >= 0.3 is 0 Å². The van der Waals surface area contributed by atoms with E-state index in [1.54, 1.807) is 0 Å². The number of carbonyl (C=O) groups excluding carboxylic acids is 1. The van der Waals surface area contributed by atoms with Gasteiger partial charge in [0.2, 0.25) is 5.91 Å². The van der Waals surface area contributed by atoms with Crippen molar-refractivity contribution in [1.82, 2.24) is 10.6 Å². The van der Waals surface area contributed by atoms with Crippen LogP contribution in [0.15, 0.2) is 0 Å². The average Bonchev–Trinajstić information content (AvgIpc) is 2.11. The van der Waals surface area contributed by atoms with Crippen molar-refractivity contribution in [2.24, 2.45) is 0 Å². The lowest BCUT2D eigenvalue weighted by atomic mass is 10.1. The predicted molar refractivity (Wildman–Crippen MR) is 66.3 cm³/mol. The van der Waals surface area contributed by atoms with Crippen LogP contribution in [0.1, 0.15) is 47.0 Å². The second kappa shape index (κ2) is 7.63. The van der Waals surface area contributed by atoms with Crippen LogP contribution in [0.3, 0.4) is 0 Å². The summed E-state index contributed by atoms with van der Waals surface area (Å²) in [7, 11) is 0. The average molecular weight is 230 g/mol. The van der Waals surface area contributed by atoms with Gasteiger partial charge in [0.25, 0.3) is 0 Å². The SMILES string of the molecule is CC(CCCO)NCCC(=O)NC(C)(C)C. The molecule has 0 aromatic rings. The van der Waals surface area contributed by atoms with Gasteiger partial charge in [-0.15, -0.1) is 0 Å². The third-order valence-electron chi connectivity index (χ3n) is 2.15. The van der Waals surface area contributed by atoms with E-state index in [2.05, 4.69) is 17.6 Å². The number of rotatable bonds is 7. The fourth-order valence-corrected chi connectivity index (χ4v) is 1.41. The van der Waals surface area contributed by atoms with E-state index < -0.39 is 0 Å². The molecule has 4 heteroatoms. The molecule has 1 atom stereocenters. The van der Waals surface area contributed by atoms with Crippen molar-refractivity contribution in [3.63, 3.8) is 0 Å². The summed E-state index contributed by atoms with van der Waals surface area (Å²) in [6.07, 6.45) is 2.25. The van der Waals surface area contributed by atoms with Gasteiger partial charge in [0.15, 0.2) is 0 Å². The highest BCUT2D eigenvalue weighted by molar-refractivity contribution is 5.76. The van der Waals surface area contributed by atoms with Crippen molar-refractivity contribution in [3.8, 4) is 0 Å². The van der Waals surface area contributed by atoms with E-state index in [0.717, 1.165) is 12.8 Å². The second-order valence-electron chi connectivity index (χ2n) is 5.27. The Hall–Kier alpha value is -0.610. The molecule has 0 radical (unpaired) electrons. The molecular weight excluding hydrogens is 204 g/mol. The Morgan fingerprint density at radius 1 is 1.38 bits per heavy atom. The Morgan fingerprint density at radius 3 is 2.50 bits per heavy atom. The number of nitrogens with one attached hydrogen (secondary N) is 2. The van der Waals surface area contributed by atoms with Crippen molar-refractivity contribution < 1.29 is 9.90 Å². The van der Waals surface area contributed by atoms with Gasteiger partial charge in [-0.1, -0.05) is 0 Å². The lowest BCUT2D eigenvalue weighted by Crippen LogP contribution is -2.42. The minimum absolute atomic E-state index is 0.0781. The zero-order valence-electron chi connectivity index (χ0n) is 11.0. The molecule has 0 saturated carbocycles. The zero-order valence-corrected chi connectivity index (χ0v) is 11.0. The summed E-state index contributed by atoms with van der Waals surface area (Å²) >= 11 is 0. The zero-order chi connectivity index (χ0) is 12.6. The Kier molecular flexibility index (Phi) is 7.34. The van der Waals surface area contributed by atoms with E-state index in [-0.39, 0.29) is 18.1 Å². The van der Waals surface area contributed by atoms with Gasteiger partial charge in [0.1, 0.15) is 0 Å². The first-order chi connectivity index (χ1) is 7.35. The van der Waals surface area contributed by atoms with E-state index >= 15 is 0 Å². The van der Waals surface area contributed by atoms with Crippen LogP contribution >= 0.6 is 0 Å². The lowest BCUT2D eigenvalue weighted by Gasteiger charge is -2.21. The number of aliphatic hydroxyl groups is 1. The number of aliphatic hydroxyl groups excluding tert-OH is 1. The van der Waals surface area contributed by atoms with E-state index in [1.165, 1.54) is 0 Å². The fourth-order valence-electron chi connectivity index (χ4n) is 1.41. The molecule has 3 N–H and O–H groups in total. The van der Waals surface area contributed by atoms with Gasteiger partial charge < -0.3 is 15.7 Å². The highest BCUT2D eigenvalue weighted by atomic mass is 16.2. The molecule has 1 amide bonds. The van der Waals surface area contributed by atoms with Gasteiger partial charge in [0.05, 0.1) is 0 Å². The summed E-state index contributed by atoms with van der Waals surface area (Å²) in [6, 6.07) is 0.356. The first-order valence-electron chi connectivity index (χ1n) is 6.00. The minimum atomic E-state index is -0.153. The van der Waals surface area contributed by atoms with E-state index in [0.29, 0.717) is 19.0 Å². The van der Waals surface area contributed by atoms with Gasteiger partial charge in [0, 0.05) is 31.2 Å². The quantitative estimate of drug-likeness (QED) is 0.612. The molecule has 0 rings (SSSR count). The van der Waals surface area contributed by atoms with Crippen LogP contribution in [0.4, 0.5) is 0 Å². The van der Waals surface area contributed by atoms with Crippen molar-refractivity contribution in [3.05, 3.63) is 0 Å². The molecule has 0 heterocycles. The largest absolute Gasteiger partial charge is 0.396 e. The number of hydrogen-bond acceptors (Lipinski definition) is 3. The summed E-state index contributed by atoms with van der Waals surface area (Å²) in [5.74, 6) is 0.0781. The van der Waals surface area contributed by atoms with Gasteiger partial charge in [-0.05, 0) is 40.5 Å². The molecular formula is C12H26N2O2. The molecule has 0 aromatic heterocycles. The van der Waals surface area contributed by atoms with Crippen LogP contribution in [0.5, 0.6) is 0 Å². The predicted octanol–water partition coefficient (Wildman–Crippen LogP) is 1.04. The van der Waals surface area contributed by atoms with Crippen molar-refractivity contribution in [2.45, 2.75) is 58.5 Å². The van der Waals surface area contributed by atoms with Crippen LogP contribution in [0.25, 0.3) is 0 Å². The van der Waals surface area contributed by atoms with Crippen LogP contribution in [0.2, 0.25) is 0 Å². The van der Waals surface area contributed by atoms with Crippen LogP contribution < -0.4 is 10.6 Å². The highest BCUT2D eigenvalue weighted by Gasteiger charge is 2.13. The second-order valence-corrected chi connectivity index (χ2v) is 5.27. The third-order valence-corrected chi connectivity index (χ3v) is 2.15. The number of carbonyl (C=O) groups is 1. The topological polar surface area (TPSA) is 61.4 Å². The molecule has 0 bridgehead atoms. The summed E-state index contributed by atoms with van der Waals surface area (Å²) in [5, 5.41) is 14.8. The standard InChI is InChI=1S/C12H26N2O2/c1-10(6-5-9-15)13-8-7-11(16)14-12(2,3)4/h10,13,15H,5-9H2,1-4H3,(H,14,16). The molecule has 96 valence electrons. The summed E-state index contributed by atoms with van der Waals surface area (Å²) in [6.45, 7) is 8.91. The minimum Gasteiger partial charge on any atom is -0.396 e. The Morgan fingerprint density at radius 2 is 2.00 bits per heavy atom. The maximum Gasteiger partial charge on any atom is 0.221 e. The molecule has 0 fully saturated rings. The van der Waals surface area contributed by atoms with E-state index in [9.17, 15) is 4.79 Å². The normalized spacial score (nSPS) is 13.6. The van der Waals surface area contributed by atoms with Crippen LogP contribution in [0, 0.1) is 0 Å². The molecule has 0 aliphatic heterocycles. The van der Waals surface area contributed by atoms with Crippen molar-refractivity contribution in [1.29, 1.82) is 0 Å². The summed E-state index contributed by atoms with van der Waals surface area (Å²) < 4.78 is 0. The van der Waals surface area contributed by atoms with Crippen LogP contribution in [-0.4, -0.2) is 35.7 Å². The lowest BCUT2D eigenvalue weighted by molar-refractivity contribution is -0.122. The first-order valence-corrected chi connectivity index (χ1v) is 6.00. The van der Waals surface area contributed by atoms with Gasteiger partial charge in [-0.25, -0.2) is 0 Å². The molecule has 0 saturated heterocycles. The van der Waals surface area contributed by atoms with Gasteiger partial charge in [-0.3, -0.25) is 4.79 Å². The molecule has 1 unspecified atom stereocenters. The number of hydrogen-bond donors (Lipinski definition) is 3. The number of amides is 1. The Labute approximate surface area is 98.8 Å². The maximum atomic E-state index is 11.5. The Balaban J connectivity index is 3.54. The van der Waals surface area contributed by atoms with Crippen molar-refractivity contribution >= 4 is 5.91 Å². The summed E-state index contributed by atoms with van der Waals surface area (Å²) in [5.41, 5.74) is -0.153. The Bertz CT molecular complexity index is 200. The van der Waals surface area contributed by atoms with Crippen molar-refractivity contribution in [2.75, 3.05) is 13.2 Å². The molecule has 0 aromatic carbocycles. The maximum absolute atomic E-state index is 11.5. The monoisotopic (exact) mass is 230 g/mol. The smallest absolute Gasteiger partial charge is 0.221 e. The van der Waals surface area contributed by atoms with E-state index in [4.69, 9.17) is 5.11 Å². The molecule has 0 spiro atoms. The molecule has 0 aliphatic rings. The molecule has 16 heavy (non-hydrogen) atoms. The first kappa shape index (κ1) is 15.4. The fraction of sp³-hybridized carbons (Fsp3) is 0.917. The highest BCUT2D eigenvalue weighted by Crippen LogP contribution is 1.99. The van der Waals surface area contributed by atoms with Gasteiger partial charge in [-0.2, -0.15) is 0 Å². The van der Waals surface area contributed by atoms with Crippen LogP contribution in [-0.2, 0) is 4.79 Å². The molecule has 0 aliphatic carbocycles. The van der Waals surface area contributed by atoms with E-state index in [1.807, 2.05) is 20.8 Å². The third kappa shape index (κ3) is 9.93.